The van der Waals surface area contributed by atoms with Crippen LogP contribution in [-0.4, -0.2) is 50.6 Å². The molecule has 0 spiro atoms. The minimum Gasteiger partial charge on any atom is -0.478 e. The van der Waals surface area contributed by atoms with Crippen LogP contribution in [0.5, 0.6) is 0 Å². The van der Waals surface area contributed by atoms with Gasteiger partial charge in [-0.3, -0.25) is 0 Å². The Morgan fingerprint density at radius 1 is 1.19 bits per heavy atom. The van der Waals surface area contributed by atoms with Crippen LogP contribution in [-0.2, 0) is 9.47 Å². The summed E-state index contributed by atoms with van der Waals surface area (Å²) in [7, 11) is 0. The molecule has 118 valence electrons. The highest BCUT2D eigenvalue weighted by molar-refractivity contribution is 9.10. The van der Waals surface area contributed by atoms with Gasteiger partial charge in [0, 0.05) is 36.5 Å². The number of anilines is 1. The molecule has 0 aromatic heterocycles. The van der Waals surface area contributed by atoms with Crippen molar-refractivity contribution in [1.29, 1.82) is 0 Å². The number of halogens is 1. The number of carboxylic acids is 1. The summed E-state index contributed by atoms with van der Waals surface area (Å²) in [4.78, 5) is 13.2. The number of carboxylic acid groups (broad SMARTS) is 1. The number of hydrogen-bond donors (Lipinski definition) is 1. The highest BCUT2D eigenvalue weighted by atomic mass is 79.9. The van der Waals surface area contributed by atoms with E-state index in [0.29, 0.717) is 30.9 Å². The van der Waals surface area contributed by atoms with E-state index in [4.69, 9.17) is 14.6 Å². The van der Waals surface area contributed by atoms with Crippen molar-refractivity contribution in [3.63, 3.8) is 0 Å². The fourth-order valence-corrected chi connectivity index (χ4v) is 2.42. The Hall–Kier alpha value is -1.11. The molecule has 0 atom stereocenters. The molecule has 1 aromatic carbocycles. The molecular weight excluding hydrogens is 338 g/mol. The Kier molecular flexibility index (Phi) is 8.34. The van der Waals surface area contributed by atoms with Crippen molar-refractivity contribution in [3.8, 4) is 0 Å². The van der Waals surface area contributed by atoms with Gasteiger partial charge in [-0.25, -0.2) is 4.79 Å². The molecule has 0 aliphatic carbocycles. The second-order valence-corrected chi connectivity index (χ2v) is 5.20. The summed E-state index contributed by atoms with van der Waals surface area (Å²) < 4.78 is 11.4. The Balaban J connectivity index is 2.80. The summed E-state index contributed by atoms with van der Waals surface area (Å²) >= 11 is 3.31. The summed E-state index contributed by atoms with van der Waals surface area (Å²) in [6.45, 7) is 8.01. The number of carbonyl (C=O) groups is 1. The molecule has 0 heterocycles. The highest BCUT2D eigenvalue weighted by Gasteiger charge is 2.12. The Morgan fingerprint density at radius 2 is 1.76 bits per heavy atom. The van der Waals surface area contributed by atoms with E-state index in [1.54, 1.807) is 6.07 Å². The van der Waals surface area contributed by atoms with E-state index in [1.807, 2.05) is 26.0 Å². The smallest absolute Gasteiger partial charge is 0.336 e. The molecule has 1 aromatic rings. The highest BCUT2D eigenvalue weighted by Crippen LogP contribution is 2.24. The van der Waals surface area contributed by atoms with Crippen LogP contribution in [0.2, 0.25) is 0 Å². The Labute approximate surface area is 134 Å². The third kappa shape index (κ3) is 6.03. The number of benzene rings is 1. The minimum absolute atomic E-state index is 0.258. The van der Waals surface area contributed by atoms with Gasteiger partial charge < -0.3 is 19.5 Å². The third-order valence-electron chi connectivity index (χ3n) is 2.97. The molecule has 0 unspecified atom stereocenters. The van der Waals surface area contributed by atoms with Crippen molar-refractivity contribution in [2.24, 2.45) is 0 Å². The van der Waals surface area contributed by atoms with E-state index in [9.17, 15) is 4.79 Å². The van der Waals surface area contributed by atoms with Gasteiger partial charge in [0.05, 0.1) is 18.8 Å². The summed E-state index contributed by atoms with van der Waals surface area (Å²) in [5.74, 6) is -0.941. The molecule has 1 N–H and O–H groups in total. The maximum atomic E-state index is 11.0. The fraction of sp³-hybridized carbons (Fsp3) is 0.533. The van der Waals surface area contributed by atoms with Gasteiger partial charge >= 0.3 is 5.97 Å². The van der Waals surface area contributed by atoms with Gasteiger partial charge in [0.1, 0.15) is 0 Å². The molecule has 6 heteroatoms. The van der Waals surface area contributed by atoms with Crippen LogP contribution < -0.4 is 4.90 Å². The largest absolute Gasteiger partial charge is 0.478 e. The molecule has 1 rings (SSSR count). The summed E-state index contributed by atoms with van der Waals surface area (Å²) in [5, 5.41) is 9.06. The first-order valence-corrected chi connectivity index (χ1v) is 7.82. The predicted octanol–water partition coefficient (Wildman–Crippen LogP) is 3.03. The second kappa shape index (κ2) is 9.76. The van der Waals surface area contributed by atoms with Gasteiger partial charge in [-0.2, -0.15) is 0 Å². The lowest BCUT2D eigenvalue weighted by Crippen LogP contribution is -2.31. The summed E-state index contributed by atoms with van der Waals surface area (Å²) in [5.41, 5.74) is 1.21. The van der Waals surface area contributed by atoms with Crippen LogP contribution in [0.15, 0.2) is 22.7 Å². The lowest BCUT2D eigenvalue weighted by atomic mass is 10.2. The molecule has 0 radical (unpaired) electrons. The topological polar surface area (TPSA) is 59.0 Å². The predicted molar refractivity (Wildman–Crippen MR) is 86.3 cm³/mol. The maximum absolute atomic E-state index is 11.0. The summed E-state index contributed by atoms with van der Waals surface area (Å²) in [6.07, 6.45) is 0. The molecule has 0 aliphatic heterocycles. The Bertz CT molecular complexity index is 443. The minimum atomic E-state index is -0.941. The van der Waals surface area contributed by atoms with E-state index >= 15 is 0 Å². The van der Waals surface area contributed by atoms with Crippen LogP contribution in [0.25, 0.3) is 0 Å². The Morgan fingerprint density at radius 3 is 2.19 bits per heavy atom. The van der Waals surface area contributed by atoms with E-state index in [0.717, 1.165) is 18.8 Å². The standard InChI is InChI=1S/C15H22BrNO4/c1-3-20-9-7-17(8-10-21-4-2)12-5-6-13(15(18)19)14(16)11-12/h5-6,11H,3-4,7-10H2,1-2H3,(H,18,19). The number of ether oxygens (including phenoxy) is 2. The van der Waals surface area contributed by atoms with Gasteiger partial charge in [-0.1, -0.05) is 0 Å². The van der Waals surface area contributed by atoms with Crippen LogP contribution in [0, 0.1) is 0 Å². The normalized spacial score (nSPS) is 10.6. The van der Waals surface area contributed by atoms with Crippen LogP contribution >= 0.6 is 15.9 Å². The average molecular weight is 360 g/mol. The molecule has 5 nitrogen and oxygen atoms in total. The zero-order valence-electron chi connectivity index (χ0n) is 12.5. The summed E-state index contributed by atoms with van der Waals surface area (Å²) in [6, 6.07) is 5.24. The van der Waals surface area contributed by atoms with E-state index in [-0.39, 0.29) is 5.56 Å². The zero-order valence-corrected chi connectivity index (χ0v) is 14.1. The van der Waals surface area contributed by atoms with Gasteiger partial charge in [-0.05, 0) is 48.0 Å². The monoisotopic (exact) mass is 359 g/mol. The zero-order chi connectivity index (χ0) is 15.7. The number of rotatable bonds is 10. The molecule has 0 saturated heterocycles. The first-order chi connectivity index (χ1) is 10.1. The van der Waals surface area contributed by atoms with Gasteiger partial charge in [0.15, 0.2) is 0 Å². The number of aromatic carboxylic acids is 1. The average Bonchev–Trinajstić information content (AvgIpc) is 2.45. The molecule has 21 heavy (non-hydrogen) atoms. The molecule has 0 aliphatic rings. The quantitative estimate of drug-likeness (QED) is 0.650. The second-order valence-electron chi connectivity index (χ2n) is 4.35. The van der Waals surface area contributed by atoms with Gasteiger partial charge in [-0.15, -0.1) is 0 Å². The van der Waals surface area contributed by atoms with Crippen molar-refractivity contribution < 1.29 is 19.4 Å². The fourth-order valence-electron chi connectivity index (χ4n) is 1.88. The van der Waals surface area contributed by atoms with Crippen molar-refractivity contribution in [2.75, 3.05) is 44.4 Å². The van der Waals surface area contributed by atoms with Crippen molar-refractivity contribution >= 4 is 27.6 Å². The van der Waals surface area contributed by atoms with E-state index in [2.05, 4.69) is 20.8 Å². The lowest BCUT2D eigenvalue weighted by molar-refractivity contribution is 0.0696. The molecule has 0 fully saturated rings. The van der Waals surface area contributed by atoms with E-state index in [1.165, 1.54) is 0 Å². The number of hydrogen-bond acceptors (Lipinski definition) is 4. The maximum Gasteiger partial charge on any atom is 0.336 e. The van der Waals surface area contributed by atoms with Crippen LogP contribution in [0.1, 0.15) is 24.2 Å². The molecule has 0 bridgehead atoms. The van der Waals surface area contributed by atoms with Crippen LogP contribution in [0.3, 0.4) is 0 Å². The first-order valence-electron chi connectivity index (χ1n) is 7.03. The lowest BCUT2D eigenvalue weighted by Gasteiger charge is -2.25. The first kappa shape index (κ1) is 17.9. The van der Waals surface area contributed by atoms with Crippen molar-refractivity contribution in [3.05, 3.63) is 28.2 Å². The van der Waals surface area contributed by atoms with Gasteiger partial charge in [0.2, 0.25) is 0 Å². The molecular formula is C15H22BrNO4. The van der Waals surface area contributed by atoms with Crippen LogP contribution in [0.4, 0.5) is 5.69 Å². The van der Waals surface area contributed by atoms with Gasteiger partial charge in [0.25, 0.3) is 0 Å². The van der Waals surface area contributed by atoms with Crippen molar-refractivity contribution in [2.45, 2.75) is 13.8 Å². The third-order valence-corrected chi connectivity index (χ3v) is 3.62. The SMILES string of the molecule is CCOCCN(CCOCC)c1ccc(C(=O)O)c(Br)c1. The van der Waals surface area contributed by atoms with E-state index < -0.39 is 5.97 Å². The molecule has 0 amide bonds. The van der Waals surface area contributed by atoms with Crippen molar-refractivity contribution in [1.82, 2.24) is 0 Å². The number of nitrogens with zero attached hydrogens (tertiary/aromatic N) is 1. The molecule has 0 saturated carbocycles.